The van der Waals surface area contributed by atoms with E-state index in [2.05, 4.69) is 0 Å². The van der Waals surface area contributed by atoms with Crippen molar-refractivity contribution in [1.82, 2.24) is 9.21 Å². The van der Waals surface area contributed by atoms with Crippen LogP contribution in [-0.4, -0.2) is 56.8 Å². The Kier molecular flexibility index (Phi) is 6.40. The molecule has 0 saturated carbocycles. The summed E-state index contributed by atoms with van der Waals surface area (Å²) in [6, 6.07) is 3.60. The number of halogens is 1. The lowest BCUT2D eigenvalue weighted by molar-refractivity contribution is -0.136. The van der Waals surface area contributed by atoms with Crippen molar-refractivity contribution in [1.29, 1.82) is 0 Å². The van der Waals surface area contributed by atoms with Crippen molar-refractivity contribution in [2.45, 2.75) is 31.6 Å². The Hall–Kier alpha value is -1.67. The van der Waals surface area contributed by atoms with Crippen LogP contribution in [0.2, 0.25) is 0 Å². The van der Waals surface area contributed by atoms with Crippen molar-refractivity contribution >= 4 is 15.9 Å². The molecule has 0 bridgehead atoms. The standard InChI is InChI=1S/C17H25FN2O4S/c1-4-13(5-2)17(21)19-8-10-20(11-9-19)25(22,23)14-6-7-16(24-3)15(18)12-14/h6-7,12-13H,4-5,8-11H2,1-3H3. The van der Waals surface area contributed by atoms with Gasteiger partial charge in [-0.05, 0) is 31.0 Å². The third-order valence-corrected chi connectivity index (χ3v) is 6.54. The predicted molar refractivity (Wildman–Crippen MR) is 92.4 cm³/mol. The zero-order chi connectivity index (χ0) is 18.6. The first-order chi connectivity index (χ1) is 11.8. The lowest BCUT2D eigenvalue weighted by atomic mass is 10.0. The molecule has 1 saturated heterocycles. The Morgan fingerprint density at radius 1 is 1.20 bits per heavy atom. The number of amides is 1. The molecule has 6 nitrogen and oxygen atoms in total. The number of ether oxygens (including phenoxy) is 1. The molecule has 140 valence electrons. The largest absolute Gasteiger partial charge is 0.494 e. The van der Waals surface area contributed by atoms with E-state index in [1.807, 2.05) is 13.8 Å². The highest BCUT2D eigenvalue weighted by atomic mass is 32.2. The highest BCUT2D eigenvalue weighted by Crippen LogP contribution is 2.24. The van der Waals surface area contributed by atoms with E-state index in [0.717, 1.165) is 18.9 Å². The van der Waals surface area contributed by atoms with Gasteiger partial charge >= 0.3 is 0 Å². The van der Waals surface area contributed by atoms with Gasteiger partial charge in [-0.1, -0.05) is 13.8 Å². The molecule has 25 heavy (non-hydrogen) atoms. The number of hydrogen-bond acceptors (Lipinski definition) is 4. The first-order valence-corrected chi connectivity index (χ1v) is 9.91. The summed E-state index contributed by atoms with van der Waals surface area (Å²) in [6.45, 7) is 5.08. The summed E-state index contributed by atoms with van der Waals surface area (Å²) in [5.41, 5.74) is 0. The van der Waals surface area contributed by atoms with Crippen molar-refractivity contribution in [2.75, 3.05) is 33.3 Å². The normalized spacial score (nSPS) is 16.3. The molecule has 0 aromatic heterocycles. The van der Waals surface area contributed by atoms with Gasteiger partial charge in [0.15, 0.2) is 11.6 Å². The number of methoxy groups -OCH3 is 1. The summed E-state index contributed by atoms with van der Waals surface area (Å²) in [5, 5.41) is 0. The molecule has 0 unspecified atom stereocenters. The fourth-order valence-electron chi connectivity index (χ4n) is 3.00. The minimum Gasteiger partial charge on any atom is -0.494 e. The summed E-state index contributed by atoms with van der Waals surface area (Å²) in [7, 11) is -2.47. The zero-order valence-electron chi connectivity index (χ0n) is 14.9. The average Bonchev–Trinajstić information content (AvgIpc) is 2.62. The van der Waals surface area contributed by atoms with Crippen LogP contribution in [0.25, 0.3) is 0 Å². The van der Waals surface area contributed by atoms with E-state index in [1.54, 1.807) is 4.90 Å². The maximum Gasteiger partial charge on any atom is 0.243 e. The molecule has 1 aliphatic rings. The smallest absolute Gasteiger partial charge is 0.243 e. The van der Waals surface area contributed by atoms with E-state index in [1.165, 1.54) is 23.5 Å². The lowest BCUT2D eigenvalue weighted by Gasteiger charge is -2.35. The van der Waals surface area contributed by atoms with Crippen LogP contribution >= 0.6 is 0 Å². The second-order valence-electron chi connectivity index (χ2n) is 6.04. The van der Waals surface area contributed by atoms with Crippen molar-refractivity contribution in [2.24, 2.45) is 5.92 Å². The Balaban J connectivity index is 2.09. The van der Waals surface area contributed by atoms with Crippen LogP contribution < -0.4 is 4.74 Å². The summed E-state index contributed by atoms with van der Waals surface area (Å²) < 4.78 is 45.3. The minimum absolute atomic E-state index is 0.000427. The SMILES string of the molecule is CCC(CC)C(=O)N1CCN(S(=O)(=O)c2ccc(OC)c(F)c2)CC1. The third kappa shape index (κ3) is 4.12. The molecule has 1 amide bonds. The van der Waals surface area contributed by atoms with Gasteiger partial charge in [0, 0.05) is 32.1 Å². The minimum atomic E-state index is -3.79. The van der Waals surface area contributed by atoms with E-state index in [-0.39, 0.29) is 35.6 Å². The van der Waals surface area contributed by atoms with Gasteiger partial charge in [0.05, 0.1) is 12.0 Å². The van der Waals surface area contributed by atoms with Crippen molar-refractivity contribution in [3.05, 3.63) is 24.0 Å². The maximum absolute atomic E-state index is 13.8. The van der Waals surface area contributed by atoms with Gasteiger partial charge in [0.2, 0.25) is 15.9 Å². The zero-order valence-corrected chi connectivity index (χ0v) is 15.7. The monoisotopic (exact) mass is 372 g/mol. The fourth-order valence-corrected chi connectivity index (χ4v) is 4.44. The van der Waals surface area contributed by atoms with Crippen molar-refractivity contribution in [3.63, 3.8) is 0 Å². The first-order valence-electron chi connectivity index (χ1n) is 8.47. The van der Waals surface area contributed by atoms with E-state index in [9.17, 15) is 17.6 Å². The highest BCUT2D eigenvalue weighted by Gasteiger charge is 2.32. The van der Waals surface area contributed by atoms with Crippen molar-refractivity contribution in [3.8, 4) is 5.75 Å². The molecule has 0 radical (unpaired) electrons. The molecule has 0 atom stereocenters. The number of carbonyl (C=O) groups is 1. The molecular weight excluding hydrogens is 347 g/mol. The van der Waals surface area contributed by atoms with Crippen LogP contribution in [0.3, 0.4) is 0 Å². The molecule has 1 fully saturated rings. The molecule has 1 aromatic carbocycles. The number of rotatable bonds is 6. The Labute approximate surface area is 148 Å². The van der Waals surface area contributed by atoms with Crippen LogP contribution in [0, 0.1) is 11.7 Å². The first kappa shape index (κ1) is 19.7. The molecule has 2 rings (SSSR count). The second kappa shape index (κ2) is 8.14. The molecule has 0 aliphatic carbocycles. The number of benzene rings is 1. The van der Waals surface area contributed by atoms with Gasteiger partial charge in [0.1, 0.15) is 0 Å². The molecule has 8 heteroatoms. The van der Waals surface area contributed by atoms with Gasteiger partial charge in [-0.3, -0.25) is 4.79 Å². The predicted octanol–water partition coefficient (Wildman–Crippen LogP) is 2.10. The van der Waals surface area contributed by atoms with Gasteiger partial charge in [-0.15, -0.1) is 0 Å². The maximum atomic E-state index is 13.8. The number of hydrogen-bond donors (Lipinski definition) is 0. The molecular formula is C17H25FN2O4S. The van der Waals surface area contributed by atoms with Crippen LogP contribution in [0.1, 0.15) is 26.7 Å². The molecule has 1 aromatic rings. The van der Waals surface area contributed by atoms with Crippen LogP contribution in [-0.2, 0) is 14.8 Å². The Bertz CT molecular complexity index is 711. The van der Waals surface area contributed by atoms with E-state index < -0.39 is 15.8 Å². The summed E-state index contributed by atoms with van der Waals surface area (Å²) in [5.74, 6) is -0.651. The summed E-state index contributed by atoms with van der Waals surface area (Å²) >= 11 is 0. The summed E-state index contributed by atoms with van der Waals surface area (Å²) in [6.07, 6.45) is 1.55. The molecule has 1 aliphatic heterocycles. The molecule has 0 spiro atoms. The lowest BCUT2D eigenvalue weighted by Crippen LogP contribution is -2.51. The van der Waals surface area contributed by atoms with Crippen molar-refractivity contribution < 1.29 is 22.3 Å². The van der Waals surface area contributed by atoms with Gasteiger partial charge in [-0.25, -0.2) is 12.8 Å². The Morgan fingerprint density at radius 3 is 2.28 bits per heavy atom. The van der Waals surface area contributed by atoms with Crippen LogP contribution in [0.4, 0.5) is 4.39 Å². The van der Waals surface area contributed by atoms with Crippen LogP contribution in [0.5, 0.6) is 5.75 Å². The number of carbonyl (C=O) groups excluding carboxylic acids is 1. The number of sulfonamides is 1. The number of piperazine rings is 1. The number of nitrogens with zero attached hydrogens (tertiary/aromatic N) is 2. The van der Waals surface area contributed by atoms with E-state index >= 15 is 0 Å². The average molecular weight is 372 g/mol. The topological polar surface area (TPSA) is 66.9 Å². The quantitative estimate of drug-likeness (QED) is 0.767. The van der Waals surface area contributed by atoms with Gasteiger partial charge in [0.25, 0.3) is 0 Å². The van der Waals surface area contributed by atoms with Gasteiger partial charge in [-0.2, -0.15) is 4.31 Å². The van der Waals surface area contributed by atoms with Crippen LogP contribution in [0.15, 0.2) is 23.1 Å². The second-order valence-corrected chi connectivity index (χ2v) is 7.98. The fraction of sp³-hybridized carbons (Fsp3) is 0.588. The third-order valence-electron chi connectivity index (χ3n) is 4.65. The van der Waals surface area contributed by atoms with Gasteiger partial charge < -0.3 is 9.64 Å². The Morgan fingerprint density at radius 2 is 1.80 bits per heavy atom. The van der Waals surface area contributed by atoms with E-state index in [4.69, 9.17) is 4.74 Å². The molecule has 1 heterocycles. The highest BCUT2D eigenvalue weighted by molar-refractivity contribution is 7.89. The van der Waals surface area contributed by atoms with E-state index in [0.29, 0.717) is 13.1 Å². The summed E-state index contributed by atoms with van der Waals surface area (Å²) in [4.78, 5) is 14.0. The molecule has 0 N–H and O–H groups in total.